The number of aliphatic carboxylic acids is 1. The van der Waals surface area contributed by atoms with Crippen LogP contribution in [0, 0.1) is 24.2 Å². The minimum absolute atomic E-state index is 0.0517. The maximum atomic E-state index is 11.7. The first-order valence-corrected chi connectivity index (χ1v) is 13.0. The molecule has 0 saturated carbocycles. The summed E-state index contributed by atoms with van der Waals surface area (Å²) in [7, 11) is 3.26. The molecule has 2 N–H and O–H groups in total. The van der Waals surface area contributed by atoms with E-state index in [0.717, 1.165) is 36.0 Å². The van der Waals surface area contributed by atoms with Gasteiger partial charge in [0.1, 0.15) is 11.5 Å². The molecular weight excluding hydrogens is 466 g/mol. The van der Waals surface area contributed by atoms with Gasteiger partial charge in [0, 0.05) is 30.4 Å². The molecule has 0 bridgehead atoms. The zero-order chi connectivity index (χ0) is 26.7. The SMILES string of the molecule is COc1cc([C@@H](O)[C@H](CC2Cc3ccccc3C2)Cn2ccc(CC(C)(C)C(=O)O)c2)cc(OC)c1C. The average Bonchev–Trinajstić information content (AvgIpc) is 3.48. The van der Waals surface area contributed by atoms with Crippen molar-refractivity contribution in [2.24, 2.45) is 17.3 Å². The van der Waals surface area contributed by atoms with Gasteiger partial charge in [0.05, 0.1) is 25.7 Å². The molecule has 0 unspecified atom stereocenters. The number of ether oxygens (including phenoxy) is 2. The lowest BCUT2D eigenvalue weighted by atomic mass is 9.85. The fourth-order valence-electron chi connectivity index (χ4n) is 5.66. The Hall–Kier alpha value is -3.25. The van der Waals surface area contributed by atoms with Gasteiger partial charge in [-0.2, -0.15) is 0 Å². The van der Waals surface area contributed by atoms with Gasteiger partial charge in [-0.25, -0.2) is 0 Å². The Kier molecular flexibility index (Phi) is 7.98. The lowest BCUT2D eigenvalue weighted by Gasteiger charge is -2.27. The largest absolute Gasteiger partial charge is 0.496 e. The lowest BCUT2D eigenvalue weighted by Crippen LogP contribution is -2.26. The van der Waals surface area contributed by atoms with Gasteiger partial charge in [-0.3, -0.25) is 4.79 Å². The van der Waals surface area contributed by atoms with Crippen LogP contribution in [0.1, 0.15) is 54.2 Å². The summed E-state index contributed by atoms with van der Waals surface area (Å²) in [6.07, 6.45) is 6.65. The number of carboxylic acid groups (broad SMARTS) is 1. The van der Waals surface area contributed by atoms with E-state index in [1.54, 1.807) is 28.1 Å². The molecule has 1 aliphatic rings. The van der Waals surface area contributed by atoms with E-state index in [-0.39, 0.29) is 5.92 Å². The topological polar surface area (TPSA) is 80.9 Å². The van der Waals surface area contributed by atoms with E-state index >= 15 is 0 Å². The van der Waals surface area contributed by atoms with Crippen LogP contribution in [0.25, 0.3) is 0 Å². The maximum Gasteiger partial charge on any atom is 0.309 e. The van der Waals surface area contributed by atoms with Crippen LogP contribution in [-0.2, 0) is 30.6 Å². The third-order valence-electron chi connectivity index (χ3n) is 7.82. The molecule has 3 aromatic rings. The van der Waals surface area contributed by atoms with Crippen molar-refractivity contribution in [3.63, 3.8) is 0 Å². The molecule has 2 aromatic carbocycles. The van der Waals surface area contributed by atoms with Gasteiger partial charge in [0.2, 0.25) is 0 Å². The third kappa shape index (κ3) is 6.02. The highest BCUT2D eigenvalue weighted by atomic mass is 16.5. The van der Waals surface area contributed by atoms with E-state index in [1.807, 2.05) is 37.5 Å². The molecule has 1 aromatic heterocycles. The summed E-state index contributed by atoms with van der Waals surface area (Å²) in [6.45, 7) is 6.06. The molecule has 198 valence electrons. The van der Waals surface area contributed by atoms with E-state index in [4.69, 9.17) is 9.47 Å². The van der Waals surface area contributed by atoms with E-state index < -0.39 is 17.5 Å². The Bertz CT molecular complexity index is 1190. The van der Waals surface area contributed by atoms with E-state index in [9.17, 15) is 15.0 Å². The lowest BCUT2D eigenvalue weighted by molar-refractivity contribution is -0.146. The zero-order valence-electron chi connectivity index (χ0n) is 22.5. The summed E-state index contributed by atoms with van der Waals surface area (Å²) >= 11 is 0. The molecule has 2 atom stereocenters. The van der Waals surface area contributed by atoms with Crippen molar-refractivity contribution in [2.45, 2.75) is 59.1 Å². The number of aliphatic hydroxyl groups excluding tert-OH is 1. The van der Waals surface area contributed by atoms with Crippen LogP contribution >= 0.6 is 0 Å². The Labute approximate surface area is 219 Å². The fourth-order valence-corrected chi connectivity index (χ4v) is 5.66. The van der Waals surface area contributed by atoms with E-state index in [2.05, 4.69) is 28.8 Å². The number of carbonyl (C=O) groups is 1. The van der Waals surface area contributed by atoms with E-state index in [1.165, 1.54) is 11.1 Å². The molecule has 4 rings (SSSR count). The van der Waals surface area contributed by atoms with Gasteiger partial charge in [-0.1, -0.05) is 24.3 Å². The second-order valence-corrected chi connectivity index (χ2v) is 11.1. The van der Waals surface area contributed by atoms with Crippen LogP contribution in [-0.4, -0.2) is 35.0 Å². The second kappa shape index (κ2) is 11.0. The van der Waals surface area contributed by atoms with Crippen LogP contribution in [0.5, 0.6) is 11.5 Å². The highest BCUT2D eigenvalue weighted by Gasteiger charge is 2.31. The molecule has 6 heteroatoms. The number of hydrogen-bond acceptors (Lipinski definition) is 4. The van der Waals surface area contributed by atoms with Crippen molar-refractivity contribution in [1.29, 1.82) is 0 Å². The highest BCUT2D eigenvalue weighted by Crippen LogP contribution is 2.39. The maximum absolute atomic E-state index is 11.7. The normalized spacial score (nSPS) is 15.3. The van der Waals surface area contributed by atoms with Gasteiger partial charge in [-0.05, 0) is 92.8 Å². The van der Waals surface area contributed by atoms with Gasteiger partial charge in [0.15, 0.2) is 0 Å². The number of aliphatic hydroxyl groups is 1. The third-order valence-corrected chi connectivity index (χ3v) is 7.82. The van der Waals surface area contributed by atoms with Crippen LogP contribution in [0.15, 0.2) is 54.9 Å². The highest BCUT2D eigenvalue weighted by molar-refractivity contribution is 5.74. The molecule has 0 aliphatic heterocycles. The first kappa shape index (κ1) is 26.8. The molecule has 0 saturated heterocycles. The number of benzene rings is 2. The van der Waals surface area contributed by atoms with Crippen LogP contribution in [0.4, 0.5) is 0 Å². The Morgan fingerprint density at radius 2 is 1.68 bits per heavy atom. The second-order valence-electron chi connectivity index (χ2n) is 11.1. The number of aromatic nitrogens is 1. The molecule has 37 heavy (non-hydrogen) atoms. The van der Waals surface area contributed by atoms with Crippen LogP contribution < -0.4 is 9.47 Å². The van der Waals surface area contributed by atoms with Crippen LogP contribution in [0.3, 0.4) is 0 Å². The van der Waals surface area contributed by atoms with Crippen molar-refractivity contribution in [3.8, 4) is 11.5 Å². The average molecular weight is 506 g/mol. The number of methoxy groups -OCH3 is 2. The standard InChI is InChI=1S/C31H39NO5/c1-20-27(36-4)15-25(16-28(20)37-5)29(33)26(14-22-12-23-8-6-7-9-24(23)13-22)19-32-11-10-21(18-32)17-31(2,3)30(34)35/h6-11,15-16,18,22,26,29,33H,12-14,17,19H2,1-5H3,(H,34,35)/t26-,29-/m1/s1. The summed E-state index contributed by atoms with van der Waals surface area (Å²) in [5, 5.41) is 21.2. The minimum Gasteiger partial charge on any atom is -0.496 e. The molecule has 6 nitrogen and oxygen atoms in total. The first-order chi connectivity index (χ1) is 17.6. The van der Waals surface area contributed by atoms with Gasteiger partial charge >= 0.3 is 5.97 Å². The number of rotatable bonds is 11. The number of hydrogen-bond donors (Lipinski definition) is 2. The summed E-state index contributed by atoms with van der Waals surface area (Å²) in [5.41, 5.74) is 4.62. The van der Waals surface area contributed by atoms with Crippen molar-refractivity contribution < 1.29 is 24.5 Å². The van der Waals surface area contributed by atoms with Gasteiger partial charge < -0.3 is 24.3 Å². The number of carboxylic acids is 1. The molecule has 0 amide bonds. The smallest absolute Gasteiger partial charge is 0.309 e. The van der Waals surface area contributed by atoms with Crippen molar-refractivity contribution in [3.05, 3.63) is 82.7 Å². The monoisotopic (exact) mass is 505 g/mol. The number of nitrogens with zero attached hydrogens (tertiary/aromatic N) is 1. The zero-order valence-corrected chi connectivity index (χ0v) is 22.5. The van der Waals surface area contributed by atoms with Gasteiger partial charge in [-0.15, -0.1) is 0 Å². The predicted octanol–water partition coefficient (Wildman–Crippen LogP) is 5.62. The van der Waals surface area contributed by atoms with Crippen molar-refractivity contribution in [1.82, 2.24) is 4.57 Å². The van der Waals surface area contributed by atoms with Gasteiger partial charge in [0.25, 0.3) is 0 Å². The molecule has 0 fully saturated rings. The minimum atomic E-state index is -0.838. The summed E-state index contributed by atoms with van der Waals surface area (Å²) in [5.74, 6) is 0.979. The Balaban J connectivity index is 1.60. The van der Waals surface area contributed by atoms with Crippen molar-refractivity contribution in [2.75, 3.05) is 14.2 Å². The summed E-state index contributed by atoms with van der Waals surface area (Å²) in [6, 6.07) is 14.4. The Morgan fingerprint density at radius 3 is 2.22 bits per heavy atom. The quantitative estimate of drug-likeness (QED) is 0.353. The molecule has 0 radical (unpaired) electrons. The molecular formula is C31H39NO5. The first-order valence-electron chi connectivity index (χ1n) is 13.0. The predicted molar refractivity (Wildman–Crippen MR) is 144 cm³/mol. The molecule has 1 heterocycles. The van der Waals surface area contributed by atoms with Crippen molar-refractivity contribution >= 4 is 5.97 Å². The van der Waals surface area contributed by atoms with Crippen LogP contribution in [0.2, 0.25) is 0 Å². The van der Waals surface area contributed by atoms with E-state index in [0.29, 0.717) is 30.4 Å². The molecule has 0 spiro atoms. The fraction of sp³-hybridized carbons (Fsp3) is 0.452. The molecule has 1 aliphatic carbocycles. The Morgan fingerprint density at radius 1 is 1.08 bits per heavy atom. The number of fused-ring (bicyclic) bond motifs is 1. The summed E-state index contributed by atoms with van der Waals surface area (Å²) < 4.78 is 13.2. The summed E-state index contributed by atoms with van der Waals surface area (Å²) in [4.78, 5) is 11.6.